The predicted molar refractivity (Wildman–Crippen MR) is 102 cm³/mol. The molecule has 0 amide bonds. The highest BCUT2D eigenvalue weighted by Crippen LogP contribution is 2.55. The van der Waals surface area contributed by atoms with Crippen LogP contribution in [0, 0.1) is 6.92 Å². The van der Waals surface area contributed by atoms with Crippen molar-refractivity contribution in [2.75, 3.05) is 13.2 Å². The van der Waals surface area contributed by atoms with Crippen molar-refractivity contribution in [1.82, 2.24) is 0 Å². The molecule has 0 bridgehead atoms. The van der Waals surface area contributed by atoms with Crippen molar-refractivity contribution in [3.63, 3.8) is 0 Å². The number of sulfone groups is 1. The lowest BCUT2D eigenvalue weighted by molar-refractivity contribution is 0.125. The molecule has 1 aliphatic rings. The maximum Gasteiger partial charge on any atom is 0.183 e. The lowest BCUT2D eigenvalue weighted by Gasteiger charge is -2.12. The van der Waals surface area contributed by atoms with Gasteiger partial charge < -0.3 is 10.5 Å². The summed E-state index contributed by atoms with van der Waals surface area (Å²) in [5.41, 5.74) is 7.56. The van der Waals surface area contributed by atoms with E-state index in [0.29, 0.717) is 11.5 Å². The van der Waals surface area contributed by atoms with Crippen molar-refractivity contribution in [2.45, 2.75) is 35.4 Å². The number of hydrogen-bond acceptors (Lipinski definition) is 4. The summed E-state index contributed by atoms with van der Waals surface area (Å²) in [6.45, 7) is 4.54. The number of nitrogens with two attached hydrogens (primary N) is 1. The lowest BCUT2D eigenvalue weighted by Crippen LogP contribution is -2.36. The van der Waals surface area contributed by atoms with Gasteiger partial charge >= 0.3 is 0 Å². The Morgan fingerprint density at radius 3 is 2.28 bits per heavy atom. The minimum absolute atomic E-state index is 0.222. The Labute approximate surface area is 157 Å². The molecule has 6 heteroatoms. The molecule has 1 saturated carbocycles. The fraction of sp³-hybridized carbons (Fsp3) is 0.368. The van der Waals surface area contributed by atoms with Crippen LogP contribution in [0.1, 0.15) is 24.0 Å². The molecular formula is C19H22BrNO3S. The third kappa shape index (κ3) is 3.40. The number of aryl methyl sites for hydroxylation is 1. The Bertz CT molecular complexity index is 849. The van der Waals surface area contributed by atoms with E-state index in [1.807, 2.05) is 50.2 Å². The Morgan fingerprint density at radius 1 is 1.12 bits per heavy atom. The molecule has 4 nitrogen and oxygen atoms in total. The molecule has 0 heterocycles. The number of rotatable bonds is 6. The third-order valence-electron chi connectivity index (χ3n) is 4.77. The highest BCUT2D eigenvalue weighted by molar-refractivity contribution is 9.10. The van der Waals surface area contributed by atoms with Crippen molar-refractivity contribution in [1.29, 1.82) is 0 Å². The molecule has 3 rings (SSSR count). The standard InChI is InChI=1S/C19H22BrNO3S/c1-3-24-12-19(21)17(14-6-8-15(20)9-7-14)18(19)25(22,23)16-10-4-13(2)5-11-16/h4-11,17-18H,3,12,21H2,1-2H3/t17-,18-,19+/m0/s1. The molecule has 2 aromatic carbocycles. The van der Waals surface area contributed by atoms with Gasteiger partial charge in [-0.3, -0.25) is 0 Å². The van der Waals surface area contributed by atoms with Gasteiger partial charge in [-0.05, 0) is 43.7 Å². The molecule has 1 fully saturated rings. The minimum atomic E-state index is -3.54. The summed E-state index contributed by atoms with van der Waals surface area (Å²) in [7, 11) is -3.54. The van der Waals surface area contributed by atoms with E-state index in [1.54, 1.807) is 12.1 Å². The van der Waals surface area contributed by atoms with E-state index in [2.05, 4.69) is 15.9 Å². The Kier molecular flexibility index (Phi) is 5.08. The number of halogens is 1. The lowest BCUT2D eigenvalue weighted by atomic mass is 10.1. The van der Waals surface area contributed by atoms with Crippen LogP contribution in [0.15, 0.2) is 57.9 Å². The first-order valence-electron chi connectivity index (χ1n) is 8.23. The average molecular weight is 424 g/mol. The van der Waals surface area contributed by atoms with Gasteiger partial charge in [0.2, 0.25) is 0 Å². The average Bonchev–Trinajstić information content (AvgIpc) is 3.21. The molecule has 0 radical (unpaired) electrons. The summed E-state index contributed by atoms with van der Waals surface area (Å²) in [6, 6.07) is 14.6. The monoisotopic (exact) mass is 423 g/mol. The smallest absolute Gasteiger partial charge is 0.183 e. The van der Waals surface area contributed by atoms with E-state index >= 15 is 0 Å². The van der Waals surface area contributed by atoms with Crippen LogP contribution < -0.4 is 5.73 Å². The van der Waals surface area contributed by atoms with Crippen LogP contribution in [0.2, 0.25) is 0 Å². The van der Waals surface area contributed by atoms with E-state index in [-0.39, 0.29) is 12.5 Å². The normalized spacial score (nSPS) is 25.8. The van der Waals surface area contributed by atoms with E-state index in [1.165, 1.54) is 0 Å². The first-order chi connectivity index (χ1) is 11.8. The first kappa shape index (κ1) is 18.6. The Hall–Kier alpha value is -1.21. The molecule has 0 spiro atoms. The highest BCUT2D eigenvalue weighted by atomic mass is 79.9. The van der Waals surface area contributed by atoms with Gasteiger partial charge in [-0.1, -0.05) is 45.8 Å². The second-order valence-electron chi connectivity index (χ2n) is 6.56. The van der Waals surface area contributed by atoms with Gasteiger partial charge in [0, 0.05) is 17.0 Å². The van der Waals surface area contributed by atoms with Crippen LogP contribution in [0.4, 0.5) is 0 Å². The Balaban J connectivity index is 1.99. The number of ether oxygens (including phenoxy) is 1. The zero-order valence-electron chi connectivity index (χ0n) is 14.3. The summed E-state index contributed by atoms with van der Waals surface area (Å²) in [5.74, 6) is -0.279. The fourth-order valence-electron chi connectivity index (χ4n) is 3.37. The minimum Gasteiger partial charge on any atom is -0.380 e. The molecular weight excluding hydrogens is 402 g/mol. The number of hydrogen-bond donors (Lipinski definition) is 1. The Morgan fingerprint density at radius 2 is 1.72 bits per heavy atom. The van der Waals surface area contributed by atoms with Crippen LogP contribution in [-0.4, -0.2) is 32.4 Å². The second kappa shape index (κ2) is 6.83. The van der Waals surface area contributed by atoms with Gasteiger partial charge in [0.1, 0.15) is 0 Å². The number of benzene rings is 2. The van der Waals surface area contributed by atoms with E-state index < -0.39 is 20.6 Å². The maximum absolute atomic E-state index is 13.2. The van der Waals surface area contributed by atoms with Gasteiger partial charge in [0.15, 0.2) is 9.84 Å². The molecule has 2 N–H and O–H groups in total. The third-order valence-corrected chi connectivity index (χ3v) is 7.61. The van der Waals surface area contributed by atoms with Crippen LogP contribution >= 0.6 is 15.9 Å². The van der Waals surface area contributed by atoms with Crippen molar-refractivity contribution in [2.24, 2.45) is 5.73 Å². The topological polar surface area (TPSA) is 69.4 Å². The van der Waals surface area contributed by atoms with Crippen molar-refractivity contribution >= 4 is 25.8 Å². The van der Waals surface area contributed by atoms with E-state index in [0.717, 1.165) is 15.6 Å². The van der Waals surface area contributed by atoms with Gasteiger partial charge in [0.25, 0.3) is 0 Å². The molecule has 1 aliphatic carbocycles. The molecule has 0 aromatic heterocycles. The van der Waals surface area contributed by atoms with Crippen LogP contribution in [-0.2, 0) is 14.6 Å². The summed E-state index contributed by atoms with van der Waals surface area (Å²) >= 11 is 3.41. The molecule has 0 aliphatic heterocycles. The first-order valence-corrected chi connectivity index (χ1v) is 10.6. The molecule has 25 heavy (non-hydrogen) atoms. The second-order valence-corrected chi connectivity index (χ2v) is 9.54. The molecule has 134 valence electrons. The van der Waals surface area contributed by atoms with Crippen molar-refractivity contribution in [3.05, 3.63) is 64.1 Å². The van der Waals surface area contributed by atoms with E-state index in [9.17, 15) is 8.42 Å². The zero-order chi connectivity index (χ0) is 18.2. The predicted octanol–water partition coefficient (Wildman–Crippen LogP) is 3.43. The molecule has 0 unspecified atom stereocenters. The molecule has 3 atom stereocenters. The van der Waals surface area contributed by atoms with Gasteiger partial charge in [0.05, 0.1) is 22.3 Å². The molecule has 0 saturated heterocycles. The summed E-state index contributed by atoms with van der Waals surface area (Å²) in [5, 5.41) is -0.685. The van der Waals surface area contributed by atoms with Crippen LogP contribution in [0.25, 0.3) is 0 Å². The summed E-state index contributed by atoms with van der Waals surface area (Å²) < 4.78 is 32.8. The van der Waals surface area contributed by atoms with Gasteiger partial charge in [-0.2, -0.15) is 0 Å². The van der Waals surface area contributed by atoms with E-state index in [4.69, 9.17) is 10.5 Å². The fourth-order valence-corrected chi connectivity index (χ4v) is 5.93. The van der Waals surface area contributed by atoms with Crippen molar-refractivity contribution < 1.29 is 13.2 Å². The van der Waals surface area contributed by atoms with Gasteiger partial charge in [-0.25, -0.2) is 8.42 Å². The van der Waals surface area contributed by atoms with Crippen LogP contribution in [0.3, 0.4) is 0 Å². The largest absolute Gasteiger partial charge is 0.380 e. The molecule has 2 aromatic rings. The summed E-state index contributed by atoms with van der Waals surface area (Å²) in [4.78, 5) is 0.314. The van der Waals surface area contributed by atoms with Gasteiger partial charge in [-0.15, -0.1) is 0 Å². The SMILES string of the molecule is CCOC[C@@]1(N)[C@@H](c2ccc(Br)cc2)[C@@H]1S(=O)(=O)c1ccc(C)cc1. The highest BCUT2D eigenvalue weighted by Gasteiger charge is 2.69. The maximum atomic E-state index is 13.2. The quantitative estimate of drug-likeness (QED) is 0.772. The zero-order valence-corrected chi connectivity index (χ0v) is 16.7. The van der Waals surface area contributed by atoms with Crippen LogP contribution in [0.5, 0.6) is 0 Å². The van der Waals surface area contributed by atoms with Crippen molar-refractivity contribution in [3.8, 4) is 0 Å². The summed E-state index contributed by atoms with van der Waals surface area (Å²) in [6.07, 6.45) is 0.